The zero-order chi connectivity index (χ0) is 15.6. The molecule has 6 heteroatoms. The van der Waals surface area contributed by atoms with Gasteiger partial charge in [0.25, 0.3) is 0 Å². The average Bonchev–Trinajstić information content (AvgIpc) is 2.37. The van der Waals surface area contributed by atoms with Gasteiger partial charge in [0.15, 0.2) is 5.78 Å². The lowest BCUT2D eigenvalue weighted by atomic mass is 10.0. The predicted octanol–water partition coefficient (Wildman–Crippen LogP) is 4.92. The molecular weight excluding hydrogens is 308 g/mol. The Hall–Kier alpha value is -1.88. The number of hydrogen-bond donors (Lipinski definition) is 0. The average molecular weight is 317 g/mol. The minimum Gasteiger partial charge on any atom is -0.294 e. The van der Waals surface area contributed by atoms with Gasteiger partial charge in [0.2, 0.25) is 0 Å². The molecule has 21 heavy (non-hydrogen) atoms. The number of halogens is 5. The van der Waals surface area contributed by atoms with Crippen LogP contribution in [0.15, 0.2) is 42.5 Å². The standard InChI is InChI=1S/C15H9ClF4O/c16-10-4-1-3-9(7-10)8-13(21)11-5-2-6-12(14(11)17)15(18,19)20/h1-7H,8H2. The Balaban J connectivity index is 2.32. The van der Waals surface area contributed by atoms with Crippen LogP contribution in [0.2, 0.25) is 5.02 Å². The first-order chi connectivity index (χ1) is 9.79. The van der Waals surface area contributed by atoms with E-state index < -0.39 is 28.9 Å². The van der Waals surface area contributed by atoms with Gasteiger partial charge in [0.1, 0.15) is 5.82 Å². The fourth-order valence-corrected chi connectivity index (χ4v) is 2.11. The molecule has 0 atom stereocenters. The molecule has 0 aromatic heterocycles. The number of Topliss-reactive ketones (excluding diaryl/α,β-unsaturated/α-hetero) is 1. The first-order valence-corrected chi connectivity index (χ1v) is 6.30. The molecule has 0 amide bonds. The van der Waals surface area contributed by atoms with Gasteiger partial charge >= 0.3 is 6.18 Å². The zero-order valence-corrected chi connectivity index (χ0v) is 11.3. The fourth-order valence-electron chi connectivity index (χ4n) is 1.89. The van der Waals surface area contributed by atoms with Crippen molar-refractivity contribution in [1.29, 1.82) is 0 Å². The Kier molecular flexibility index (Phi) is 4.32. The third-order valence-corrected chi connectivity index (χ3v) is 3.09. The highest BCUT2D eigenvalue weighted by molar-refractivity contribution is 6.30. The molecule has 0 aliphatic carbocycles. The second-order valence-electron chi connectivity index (χ2n) is 4.39. The van der Waals surface area contributed by atoms with Gasteiger partial charge in [-0.3, -0.25) is 4.79 Å². The molecule has 0 N–H and O–H groups in total. The van der Waals surface area contributed by atoms with E-state index in [4.69, 9.17) is 11.6 Å². The predicted molar refractivity (Wildman–Crippen MR) is 70.9 cm³/mol. The van der Waals surface area contributed by atoms with Crippen LogP contribution in [-0.2, 0) is 12.6 Å². The first kappa shape index (κ1) is 15.5. The Bertz CT molecular complexity index is 680. The fraction of sp³-hybridized carbons (Fsp3) is 0.133. The van der Waals surface area contributed by atoms with Crippen molar-refractivity contribution < 1.29 is 22.4 Å². The molecule has 2 aromatic carbocycles. The molecular formula is C15H9ClF4O. The van der Waals surface area contributed by atoms with Crippen LogP contribution in [0.1, 0.15) is 21.5 Å². The SMILES string of the molecule is O=C(Cc1cccc(Cl)c1)c1cccc(C(F)(F)F)c1F. The smallest absolute Gasteiger partial charge is 0.294 e. The van der Waals surface area contributed by atoms with E-state index in [0.29, 0.717) is 16.7 Å². The minimum atomic E-state index is -4.84. The van der Waals surface area contributed by atoms with Crippen molar-refractivity contribution in [3.63, 3.8) is 0 Å². The maximum absolute atomic E-state index is 13.8. The van der Waals surface area contributed by atoms with Crippen molar-refractivity contribution in [2.45, 2.75) is 12.6 Å². The third kappa shape index (κ3) is 3.61. The zero-order valence-electron chi connectivity index (χ0n) is 10.5. The number of hydrogen-bond acceptors (Lipinski definition) is 1. The van der Waals surface area contributed by atoms with Crippen LogP contribution >= 0.6 is 11.6 Å². The molecule has 2 aromatic rings. The summed E-state index contributed by atoms with van der Waals surface area (Å²) in [5, 5.41) is 0.393. The van der Waals surface area contributed by atoms with Gasteiger partial charge in [0, 0.05) is 11.4 Å². The summed E-state index contributed by atoms with van der Waals surface area (Å²) in [7, 11) is 0. The van der Waals surface area contributed by atoms with E-state index in [1.165, 1.54) is 6.07 Å². The number of carbonyl (C=O) groups excluding carboxylic acids is 1. The Morgan fingerprint density at radius 3 is 2.38 bits per heavy atom. The Labute approximate surface area is 123 Å². The summed E-state index contributed by atoms with van der Waals surface area (Å²) in [6.07, 6.45) is -5.06. The molecule has 0 spiro atoms. The Morgan fingerprint density at radius 2 is 1.76 bits per heavy atom. The summed E-state index contributed by atoms with van der Waals surface area (Å²) < 4.78 is 51.6. The summed E-state index contributed by atoms with van der Waals surface area (Å²) in [4.78, 5) is 12.0. The van der Waals surface area contributed by atoms with Crippen LogP contribution in [0.4, 0.5) is 17.6 Å². The topological polar surface area (TPSA) is 17.1 Å². The Morgan fingerprint density at radius 1 is 1.10 bits per heavy atom. The molecule has 0 heterocycles. The second kappa shape index (κ2) is 5.85. The largest absolute Gasteiger partial charge is 0.419 e. The number of rotatable bonds is 3. The van der Waals surface area contributed by atoms with Crippen LogP contribution in [0.25, 0.3) is 0 Å². The molecule has 0 saturated carbocycles. The molecule has 0 aliphatic rings. The van der Waals surface area contributed by atoms with Gasteiger partial charge in [-0.2, -0.15) is 13.2 Å². The number of benzene rings is 2. The van der Waals surface area contributed by atoms with Gasteiger partial charge < -0.3 is 0 Å². The van der Waals surface area contributed by atoms with Gasteiger partial charge in [-0.05, 0) is 29.8 Å². The summed E-state index contributed by atoms with van der Waals surface area (Å²) in [5.41, 5.74) is -1.52. The van der Waals surface area contributed by atoms with Crippen molar-refractivity contribution >= 4 is 17.4 Å². The highest BCUT2D eigenvalue weighted by atomic mass is 35.5. The van der Waals surface area contributed by atoms with Crippen LogP contribution in [0.3, 0.4) is 0 Å². The van der Waals surface area contributed by atoms with E-state index >= 15 is 0 Å². The summed E-state index contributed by atoms with van der Waals surface area (Å²) in [6.45, 7) is 0. The van der Waals surface area contributed by atoms with Gasteiger partial charge in [-0.25, -0.2) is 4.39 Å². The van der Waals surface area contributed by atoms with Crippen LogP contribution in [-0.4, -0.2) is 5.78 Å². The van der Waals surface area contributed by atoms with E-state index in [1.807, 2.05) is 0 Å². The van der Waals surface area contributed by atoms with E-state index in [0.717, 1.165) is 12.1 Å². The molecule has 1 nitrogen and oxygen atoms in total. The van der Waals surface area contributed by atoms with Crippen LogP contribution < -0.4 is 0 Å². The lowest BCUT2D eigenvalue weighted by Gasteiger charge is -2.10. The minimum absolute atomic E-state index is 0.223. The van der Waals surface area contributed by atoms with Gasteiger partial charge in [-0.15, -0.1) is 0 Å². The van der Waals surface area contributed by atoms with Crippen LogP contribution in [0, 0.1) is 5.82 Å². The van der Waals surface area contributed by atoms with Crippen molar-refractivity contribution in [3.05, 3.63) is 70.0 Å². The normalized spacial score (nSPS) is 11.5. The third-order valence-electron chi connectivity index (χ3n) is 2.86. The van der Waals surface area contributed by atoms with Crippen molar-refractivity contribution in [3.8, 4) is 0 Å². The number of alkyl halides is 3. The lowest BCUT2D eigenvalue weighted by Crippen LogP contribution is -2.13. The maximum atomic E-state index is 13.8. The van der Waals surface area contributed by atoms with Gasteiger partial charge in [-0.1, -0.05) is 29.8 Å². The maximum Gasteiger partial charge on any atom is 0.419 e. The number of ketones is 1. The summed E-state index contributed by atoms with van der Waals surface area (Å²) in [6, 6.07) is 8.95. The molecule has 0 bridgehead atoms. The lowest BCUT2D eigenvalue weighted by molar-refractivity contribution is -0.140. The van der Waals surface area contributed by atoms with E-state index in [-0.39, 0.29) is 6.42 Å². The van der Waals surface area contributed by atoms with E-state index in [2.05, 4.69) is 0 Å². The summed E-state index contributed by atoms with van der Waals surface area (Å²) >= 11 is 5.76. The molecule has 0 unspecified atom stereocenters. The summed E-state index contributed by atoms with van der Waals surface area (Å²) in [5.74, 6) is -2.28. The van der Waals surface area contributed by atoms with Crippen molar-refractivity contribution in [2.24, 2.45) is 0 Å². The molecule has 2 rings (SSSR count). The van der Waals surface area contributed by atoms with Crippen molar-refractivity contribution in [2.75, 3.05) is 0 Å². The van der Waals surface area contributed by atoms with Crippen molar-refractivity contribution in [1.82, 2.24) is 0 Å². The number of carbonyl (C=O) groups is 1. The van der Waals surface area contributed by atoms with Gasteiger partial charge in [0.05, 0.1) is 11.1 Å². The molecule has 0 fully saturated rings. The van der Waals surface area contributed by atoms with Crippen LogP contribution in [0.5, 0.6) is 0 Å². The van der Waals surface area contributed by atoms with E-state index in [1.54, 1.807) is 18.2 Å². The first-order valence-electron chi connectivity index (χ1n) is 5.92. The molecule has 0 radical (unpaired) electrons. The second-order valence-corrected chi connectivity index (χ2v) is 4.83. The highest BCUT2D eigenvalue weighted by Crippen LogP contribution is 2.32. The molecule has 110 valence electrons. The molecule has 0 saturated heterocycles. The quantitative estimate of drug-likeness (QED) is 0.580. The molecule has 0 aliphatic heterocycles. The highest BCUT2D eigenvalue weighted by Gasteiger charge is 2.35. The monoisotopic (exact) mass is 316 g/mol. The van der Waals surface area contributed by atoms with E-state index in [9.17, 15) is 22.4 Å².